The van der Waals surface area contributed by atoms with Gasteiger partial charge < -0.3 is 9.47 Å². The Morgan fingerprint density at radius 2 is 2.26 bits per heavy atom. The Hall–Kier alpha value is -0.100. The normalized spacial score (nSPS) is 24.4. The van der Waals surface area contributed by atoms with Crippen LogP contribution in [0, 0.1) is 0 Å². The molecule has 1 fully saturated rings. The van der Waals surface area contributed by atoms with E-state index >= 15 is 0 Å². The molecule has 1 aromatic rings. The zero-order chi connectivity index (χ0) is 13.8. The highest BCUT2D eigenvalue weighted by atomic mass is 79.9. The fourth-order valence-corrected chi connectivity index (χ4v) is 3.08. The van der Waals surface area contributed by atoms with Gasteiger partial charge in [0.1, 0.15) is 5.75 Å². The molecule has 1 heterocycles. The Kier molecular flexibility index (Phi) is 5.69. The van der Waals surface area contributed by atoms with Crippen LogP contribution in [0.4, 0.5) is 0 Å². The third kappa shape index (κ3) is 3.94. The summed E-state index contributed by atoms with van der Waals surface area (Å²) < 4.78 is 12.3. The molecular formula is C14H19Br2NO2. The summed E-state index contributed by atoms with van der Waals surface area (Å²) >= 11 is 7.02. The highest BCUT2D eigenvalue weighted by Gasteiger charge is 2.26. The van der Waals surface area contributed by atoms with Crippen LogP contribution in [0.15, 0.2) is 22.7 Å². The maximum atomic E-state index is 5.76. The minimum Gasteiger partial charge on any atom is -0.496 e. The van der Waals surface area contributed by atoms with Crippen molar-refractivity contribution in [2.24, 2.45) is 0 Å². The van der Waals surface area contributed by atoms with Gasteiger partial charge in [0.25, 0.3) is 0 Å². The maximum absolute atomic E-state index is 5.76. The highest BCUT2D eigenvalue weighted by Crippen LogP contribution is 2.26. The van der Waals surface area contributed by atoms with Crippen LogP contribution < -0.4 is 4.74 Å². The van der Waals surface area contributed by atoms with Crippen LogP contribution in [-0.4, -0.2) is 42.6 Å². The van der Waals surface area contributed by atoms with Crippen molar-refractivity contribution >= 4 is 31.9 Å². The second-order valence-corrected chi connectivity index (χ2v) is 6.41. The second kappa shape index (κ2) is 7.07. The number of nitrogens with zero attached hydrogens (tertiary/aromatic N) is 1. The van der Waals surface area contributed by atoms with Crippen LogP contribution in [0.1, 0.15) is 12.5 Å². The number of hydrogen-bond donors (Lipinski definition) is 0. The van der Waals surface area contributed by atoms with E-state index in [0.29, 0.717) is 6.04 Å². The van der Waals surface area contributed by atoms with Gasteiger partial charge in [-0.3, -0.25) is 4.90 Å². The first-order valence-corrected chi connectivity index (χ1v) is 8.29. The summed E-state index contributed by atoms with van der Waals surface area (Å²) in [7, 11) is 1.72. The van der Waals surface area contributed by atoms with Crippen molar-refractivity contribution in [3.8, 4) is 5.75 Å². The van der Waals surface area contributed by atoms with Crippen LogP contribution in [0.3, 0.4) is 0 Å². The first kappa shape index (κ1) is 15.3. The molecule has 0 spiro atoms. The Labute approximate surface area is 131 Å². The predicted octanol–water partition coefficient (Wildman–Crippen LogP) is 3.44. The van der Waals surface area contributed by atoms with Gasteiger partial charge in [-0.25, -0.2) is 0 Å². The summed E-state index contributed by atoms with van der Waals surface area (Å²) in [5.41, 5.74) is 1.21. The molecule has 106 valence electrons. The zero-order valence-electron chi connectivity index (χ0n) is 11.2. The molecule has 3 nitrogen and oxygen atoms in total. The molecule has 2 atom stereocenters. The van der Waals surface area contributed by atoms with Gasteiger partial charge >= 0.3 is 0 Å². The van der Waals surface area contributed by atoms with E-state index in [-0.39, 0.29) is 6.10 Å². The lowest BCUT2D eigenvalue weighted by molar-refractivity contribution is -0.0501. The van der Waals surface area contributed by atoms with Gasteiger partial charge in [-0.15, -0.1) is 0 Å². The number of halogens is 2. The lowest BCUT2D eigenvalue weighted by Gasteiger charge is -2.37. The van der Waals surface area contributed by atoms with Gasteiger partial charge in [-0.05, 0) is 25.1 Å². The lowest BCUT2D eigenvalue weighted by atomic mass is 10.1. The van der Waals surface area contributed by atoms with Crippen molar-refractivity contribution in [1.82, 2.24) is 4.90 Å². The van der Waals surface area contributed by atoms with Crippen LogP contribution in [0.25, 0.3) is 0 Å². The smallest absolute Gasteiger partial charge is 0.123 e. The summed E-state index contributed by atoms with van der Waals surface area (Å²) in [5.74, 6) is 0.942. The van der Waals surface area contributed by atoms with E-state index in [2.05, 4.69) is 49.7 Å². The number of ether oxygens (including phenoxy) is 2. The first-order valence-electron chi connectivity index (χ1n) is 6.38. The molecule has 2 unspecified atom stereocenters. The van der Waals surface area contributed by atoms with E-state index in [1.165, 1.54) is 5.56 Å². The summed E-state index contributed by atoms with van der Waals surface area (Å²) in [6.07, 6.45) is 0.273. The minimum atomic E-state index is 0.273. The number of hydrogen-bond acceptors (Lipinski definition) is 3. The Bertz CT molecular complexity index is 428. The lowest BCUT2D eigenvalue weighted by Crippen LogP contribution is -2.48. The van der Waals surface area contributed by atoms with Crippen molar-refractivity contribution in [2.45, 2.75) is 25.6 Å². The van der Waals surface area contributed by atoms with Crippen molar-refractivity contribution in [2.75, 3.05) is 25.6 Å². The van der Waals surface area contributed by atoms with E-state index in [0.717, 1.165) is 35.2 Å². The maximum Gasteiger partial charge on any atom is 0.123 e. The van der Waals surface area contributed by atoms with Crippen molar-refractivity contribution in [1.29, 1.82) is 0 Å². The molecule has 0 radical (unpaired) electrons. The Morgan fingerprint density at radius 3 is 2.95 bits per heavy atom. The predicted molar refractivity (Wildman–Crippen MR) is 84.1 cm³/mol. The summed E-state index contributed by atoms with van der Waals surface area (Å²) in [6.45, 7) is 4.82. The first-order chi connectivity index (χ1) is 9.13. The molecule has 1 aliphatic heterocycles. The zero-order valence-corrected chi connectivity index (χ0v) is 14.4. The second-order valence-electron chi connectivity index (χ2n) is 4.84. The van der Waals surface area contributed by atoms with Gasteiger partial charge in [-0.2, -0.15) is 0 Å². The molecule has 1 aromatic carbocycles. The van der Waals surface area contributed by atoms with Crippen molar-refractivity contribution in [3.05, 3.63) is 28.2 Å². The largest absolute Gasteiger partial charge is 0.496 e. The molecule has 5 heteroatoms. The molecule has 0 saturated carbocycles. The SMILES string of the molecule is COc1ccc(Br)cc1CN1CC(CBr)OCC1C. The van der Waals surface area contributed by atoms with E-state index < -0.39 is 0 Å². The van der Waals surface area contributed by atoms with Crippen molar-refractivity contribution < 1.29 is 9.47 Å². The molecule has 0 aromatic heterocycles. The van der Waals surface area contributed by atoms with Gasteiger partial charge in [0.2, 0.25) is 0 Å². The average molecular weight is 393 g/mol. The summed E-state index contributed by atoms with van der Waals surface area (Å²) in [5, 5.41) is 0.881. The van der Waals surface area contributed by atoms with Crippen LogP contribution in [0.5, 0.6) is 5.75 Å². The molecule has 1 aliphatic rings. The fourth-order valence-electron chi connectivity index (χ4n) is 2.28. The number of benzene rings is 1. The molecule has 19 heavy (non-hydrogen) atoms. The fraction of sp³-hybridized carbons (Fsp3) is 0.571. The van der Waals surface area contributed by atoms with E-state index in [1.54, 1.807) is 7.11 Å². The van der Waals surface area contributed by atoms with Crippen molar-refractivity contribution in [3.63, 3.8) is 0 Å². The van der Waals surface area contributed by atoms with E-state index in [4.69, 9.17) is 9.47 Å². The average Bonchev–Trinajstić information content (AvgIpc) is 2.41. The minimum absolute atomic E-state index is 0.273. The monoisotopic (exact) mass is 391 g/mol. The molecule has 2 rings (SSSR count). The quantitative estimate of drug-likeness (QED) is 0.732. The third-order valence-electron chi connectivity index (χ3n) is 3.42. The molecule has 0 aliphatic carbocycles. The number of methoxy groups -OCH3 is 1. The topological polar surface area (TPSA) is 21.7 Å². The standard InChI is InChI=1S/C14H19Br2NO2/c1-10-9-19-13(6-15)8-17(10)7-11-5-12(16)3-4-14(11)18-2/h3-5,10,13H,6-9H2,1-2H3. The molecule has 1 saturated heterocycles. The highest BCUT2D eigenvalue weighted by molar-refractivity contribution is 9.10. The number of rotatable bonds is 4. The van der Waals surface area contributed by atoms with Gasteiger partial charge in [-0.1, -0.05) is 31.9 Å². The van der Waals surface area contributed by atoms with Gasteiger partial charge in [0.15, 0.2) is 0 Å². The van der Waals surface area contributed by atoms with Crippen LogP contribution >= 0.6 is 31.9 Å². The van der Waals surface area contributed by atoms with Crippen LogP contribution in [0.2, 0.25) is 0 Å². The van der Waals surface area contributed by atoms with Gasteiger partial charge in [0.05, 0.1) is 19.8 Å². The Balaban J connectivity index is 2.12. The summed E-state index contributed by atoms with van der Waals surface area (Å²) in [4.78, 5) is 2.44. The van der Waals surface area contributed by atoms with E-state index in [9.17, 15) is 0 Å². The molecule has 0 N–H and O–H groups in total. The molecular weight excluding hydrogens is 374 g/mol. The van der Waals surface area contributed by atoms with E-state index in [1.807, 2.05) is 12.1 Å². The Morgan fingerprint density at radius 1 is 1.47 bits per heavy atom. The molecule has 0 bridgehead atoms. The third-order valence-corrected chi connectivity index (χ3v) is 4.64. The molecule has 0 amide bonds. The van der Waals surface area contributed by atoms with Gasteiger partial charge in [0, 0.05) is 34.5 Å². The number of morpholine rings is 1. The summed E-state index contributed by atoms with van der Waals surface area (Å²) in [6, 6.07) is 6.57. The number of alkyl halides is 1. The van der Waals surface area contributed by atoms with Crippen LogP contribution in [-0.2, 0) is 11.3 Å².